The molecule has 0 unspecified atom stereocenters. The maximum atomic E-state index is 12.7. The van der Waals surface area contributed by atoms with Crippen molar-refractivity contribution in [1.29, 1.82) is 0 Å². The average Bonchev–Trinajstić information content (AvgIpc) is 3.32. The third kappa shape index (κ3) is 3.56. The zero-order valence-corrected chi connectivity index (χ0v) is 15.2. The average molecular weight is 357 g/mol. The molecule has 138 valence electrons. The number of oxazole rings is 1. The molecular formula is C19H23N3O4. The van der Waals surface area contributed by atoms with Crippen molar-refractivity contribution in [3.8, 4) is 17.1 Å². The molecule has 1 N–H and O–H groups in total. The number of methoxy groups -OCH3 is 1. The molecule has 0 bridgehead atoms. The van der Waals surface area contributed by atoms with Crippen molar-refractivity contribution in [3.63, 3.8) is 0 Å². The van der Waals surface area contributed by atoms with Crippen LogP contribution in [0.5, 0.6) is 5.75 Å². The number of nitrogens with one attached hydrogen (secondary N) is 1. The highest BCUT2D eigenvalue weighted by Gasteiger charge is 2.34. The molecule has 3 rings (SSSR count). The molecule has 1 saturated heterocycles. The van der Waals surface area contributed by atoms with Crippen LogP contribution in [0.3, 0.4) is 0 Å². The van der Waals surface area contributed by atoms with Crippen LogP contribution in [-0.2, 0) is 9.59 Å². The maximum Gasteiger partial charge on any atom is 0.247 e. The molecular weight excluding hydrogens is 334 g/mol. The minimum absolute atomic E-state index is 0.0147. The van der Waals surface area contributed by atoms with Gasteiger partial charge in [-0.3, -0.25) is 9.59 Å². The second-order valence-corrected chi connectivity index (χ2v) is 6.61. The number of amides is 2. The molecule has 0 spiro atoms. The smallest absolute Gasteiger partial charge is 0.247 e. The van der Waals surface area contributed by atoms with E-state index in [-0.39, 0.29) is 17.7 Å². The molecule has 0 saturated carbocycles. The van der Waals surface area contributed by atoms with Crippen LogP contribution in [0.15, 0.2) is 35.2 Å². The molecule has 26 heavy (non-hydrogen) atoms. The highest BCUT2D eigenvalue weighted by molar-refractivity contribution is 5.98. The lowest BCUT2D eigenvalue weighted by atomic mass is 10.1. The van der Waals surface area contributed by atoms with Crippen LogP contribution in [0, 0.1) is 5.92 Å². The van der Waals surface area contributed by atoms with Gasteiger partial charge >= 0.3 is 0 Å². The van der Waals surface area contributed by atoms with Crippen LogP contribution in [-0.4, -0.2) is 41.4 Å². The van der Waals surface area contributed by atoms with Crippen molar-refractivity contribution in [2.24, 2.45) is 5.92 Å². The Labute approximate surface area is 152 Å². The van der Waals surface area contributed by atoms with Crippen molar-refractivity contribution in [2.45, 2.75) is 32.7 Å². The molecule has 1 atom stereocenters. The van der Waals surface area contributed by atoms with Gasteiger partial charge in [-0.2, -0.15) is 0 Å². The first kappa shape index (κ1) is 18.0. The number of ether oxygens (including phenoxy) is 1. The second-order valence-electron chi connectivity index (χ2n) is 6.61. The van der Waals surface area contributed by atoms with E-state index in [0.717, 1.165) is 12.0 Å². The summed E-state index contributed by atoms with van der Waals surface area (Å²) in [6, 6.07) is 4.90. The fourth-order valence-corrected chi connectivity index (χ4v) is 3.18. The van der Waals surface area contributed by atoms with E-state index in [4.69, 9.17) is 9.15 Å². The SMILES string of the molecule is COc1cc(NC(=O)[C@@H]2CCCN2C(=O)C(C)C)ccc1-c1cnco1. The molecule has 0 radical (unpaired) electrons. The quantitative estimate of drug-likeness (QED) is 0.889. The molecule has 7 heteroatoms. The number of rotatable bonds is 5. The van der Waals surface area contributed by atoms with Gasteiger partial charge in [-0.25, -0.2) is 4.98 Å². The summed E-state index contributed by atoms with van der Waals surface area (Å²) in [6.45, 7) is 4.33. The van der Waals surface area contributed by atoms with E-state index in [1.165, 1.54) is 6.39 Å². The van der Waals surface area contributed by atoms with Crippen molar-refractivity contribution < 1.29 is 18.7 Å². The van der Waals surface area contributed by atoms with E-state index >= 15 is 0 Å². The Morgan fingerprint density at radius 2 is 2.19 bits per heavy atom. The van der Waals surface area contributed by atoms with E-state index in [9.17, 15) is 9.59 Å². The summed E-state index contributed by atoms with van der Waals surface area (Å²) in [4.78, 5) is 30.6. The minimum atomic E-state index is -0.426. The summed E-state index contributed by atoms with van der Waals surface area (Å²) in [7, 11) is 1.56. The number of hydrogen-bond acceptors (Lipinski definition) is 5. The number of likely N-dealkylation sites (tertiary alicyclic amines) is 1. The van der Waals surface area contributed by atoms with Crippen LogP contribution < -0.4 is 10.1 Å². The highest BCUT2D eigenvalue weighted by Crippen LogP contribution is 2.32. The number of carbonyl (C=O) groups is 2. The first-order valence-electron chi connectivity index (χ1n) is 8.69. The number of nitrogens with zero attached hydrogens (tertiary/aromatic N) is 2. The van der Waals surface area contributed by atoms with Gasteiger partial charge in [0.05, 0.1) is 18.9 Å². The fraction of sp³-hybridized carbons (Fsp3) is 0.421. The van der Waals surface area contributed by atoms with Crippen LogP contribution >= 0.6 is 0 Å². The third-order valence-corrected chi connectivity index (χ3v) is 4.50. The van der Waals surface area contributed by atoms with Gasteiger partial charge in [0.2, 0.25) is 11.8 Å². The fourth-order valence-electron chi connectivity index (χ4n) is 3.18. The maximum absolute atomic E-state index is 12.7. The molecule has 0 aliphatic carbocycles. The van der Waals surface area contributed by atoms with E-state index in [0.29, 0.717) is 30.2 Å². The Kier molecular flexibility index (Phi) is 5.25. The van der Waals surface area contributed by atoms with Gasteiger partial charge in [0, 0.05) is 24.2 Å². The predicted octanol–water partition coefficient (Wildman–Crippen LogP) is 2.94. The van der Waals surface area contributed by atoms with Crippen LogP contribution in [0.4, 0.5) is 5.69 Å². The molecule has 1 fully saturated rings. The van der Waals surface area contributed by atoms with E-state index in [2.05, 4.69) is 10.3 Å². The molecule has 1 aliphatic rings. The van der Waals surface area contributed by atoms with Crippen molar-refractivity contribution in [2.75, 3.05) is 19.0 Å². The van der Waals surface area contributed by atoms with Gasteiger partial charge in [0.25, 0.3) is 0 Å². The molecule has 1 aromatic heterocycles. The molecule has 1 aliphatic heterocycles. The third-order valence-electron chi connectivity index (χ3n) is 4.50. The zero-order chi connectivity index (χ0) is 18.7. The van der Waals surface area contributed by atoms with Gasteiger partial charge in [0.15, 0.2) is 12.2 Å². The van der Waals surface area contributed by atoms with Crippen molar-refractivity contribution in [3.05, 3.63) is 30.8 Å². The summed E-state index contributed by atoms with van der Waals surface area (Å²) in [5.74, 6) is 0.877. The van der Waals surface area contributed by atoms with Gasteiger partial charge in [0.1, 0.15) is 11.8 Å². The summed E-state index contributed by atoms with van der Waals surface area (Å²) in [5, 5.41) is 2.90. The lowest BCUT2D eigenvalue weighted by Gasteiger charge is -2.25. The van der Waals surface area contributed by atoms with Crippen LogP contribution in [0.25, 0.3) is 11.3 Å². The van der Waals surface area contributed by atoms with Gasteiger partial charge in [-0.05, 0) is 25.0 Å². The Bertz CT molecular complexity index is 786. The van der Waals surface area contributed by atoms with Crippen LogP contribution in [0.1, 0.15) is 26.7 Å². The number of hydrogen-bond donors (Lipinski definition) is 1. The van der Waals surface area contributed by atoms with E-state index in [1.807, 2.05) is 13.8 Å². The summed E-state index contributed by atoms with van der Waals surface area (Å²) < 4.78 is 10.7. The zero-order valence-electron chi connectivity index (χ0n) is 15.2. The molecule has 2 heterocycles. The Balaban J connectivity index is 1.76. The second kappa shape index (κ2) is 7.59. The predicted molar refractivity (Wildman–Crippen MR) is 96.7 cm³/mol. The Morgan fingerprint density at radius 3 is 2.85 bits per heavy atom. The number of benzene rings is 1. The number of carbonyl (C=O) groups excluding carboxylic acids is 2. The Morgan fingerprint density at radius 1 is 1.38 bits per heavy atom. The first-order valence-corrected chi connectivity index (χ1v) is 8.69. The van der Waals surface area contributed by atoms with Crippen molar-refractivity contribution >= 4 is 17.5 Å². The van der Waals surface area contributed by atoms with Gasteiger partial charge in [-0.15, -0.1) is 0 Å². The molecule has 2 aromatic rings. The summed E-state index contributed by atoms with van der Waals surface area (Å²) >= 11 is 0. The molecule has 2 amide bonds. The Hall–Kier alpha value is -2.83. The highest BCUT2D eigenvalue weighted by atomic mass is 16.5. The van der Waals surface area contributed by atoms with Crippen LogP contribution in [0.2, 0.25) is 0 Å². The first-order chi connectivity index (χ1) is 12.5. The lowest BCUT2D eigenvalue weighted by Crippen LogP contribution is -2.44. The monoisotopic (exact) mass is 357 g/mol. The van der Waals surface area contributed by atoms with E-state index in [1.54, 1.807) is 36.4 Å². The standard InChI is InChI=1S/C19H23N3O4/c1-12(2)19(24)22-8-4-5-15(22)18(23)21-13-6-7-14(16(9-13)25-3)17-10-20-11-26-17/h6-7,9-12,15H,4-5,8H2,1-3H3,(H,21,23)/t15-/m0/s1. The number of aromatic nitrogens is 1. The topological polar surface area (TPSA) is 84.7 Å². The van der Waals surface area contributed by atoms with Gasteiger partial charge in [-0.1, -0.05) is 13.8 Å². The minimum Gasteiger partial charge on any atom is -0.496 e. The molecule has 1 aromatic carbocycles. The summed E-state index contributed by atoms with van der Waals surface area (Å²) in [5.41, 5.74) is 1.36. The largest absolute Gasteiger partial charge is 0.496 e. The normalized spacial score (nSPS) is 16.8. The van der Waals surface area contributed by atoms with Crippen molar-refractivity contribution in [1.82, 2.24) is 9.88 Å². The number of anilines is 1. The van der Waals surface area contributed by atoms with E-state index < -0.39 is 6.04 Å². The van der Waals surface area contributed by atoms with Gasteiger partial charge < -0.3 is 19.4 Å². The summed E-state index contributed by atoms with van der Waals surface area (Å²) in [6.07, 6.45) is 4.47. The lowest BCUT2D eigenvalue weighted by molar-refractivity contribution is -0.139. The molecule has 7 nitrogen and oxygen atoms in total.